The van der Waals surface area contributed by atoms with E-state index < -0.39 is 5.54 Å². The van der Waals surface area contributed by atoms with Crippen molar-refractivity contribution >= 4 is 12.2 Å². The second-order valence-electron chi connectivity index (χ2n) is 7.60. The molecule has 1 aromatic carbocycles. The van der Waals surface area contributed by atoms with Crippen LogP contribution in [0.15, 0.2) is 23.2 Å². The van der Waals surface area contributed by atoms with Gasteiger partial charge in [-0.25, -0.2) is 4.99 Å². The molecule has 0 heterocycles. The van der Waals surface area contributed by atoms with Crippen LogP contribution in [0.2, 0.25) is 0 Å². The van der Waals surface area contributed by atoms with E-state index in [9.17, 15) is 4.79 Å². The fraction of sp³-hybridized carbons (Fsp3) is 0.619. The number of rotatable bonds is 9. The maximum absolute atomic E-state index is 12.2. The molecule has 1 fully saturated rings. The number of nitrogens with two attached hydrogens (primary N) is 1. The average molecular weight is 392 g/mol. The third-order valence-corrected chi connectivity index (χ3v) is 5.23. The van der Waals surface area contributed by atoms with Crippen molar-refractivity contribution in [1.29, 1.82) is 0 Å². The fourth-order valence-electron chi connectivity index (χ4n) is 3.58. The normalized spacial score (nSPS) is 17.5. The highest BCUT2D eigenvalue weighted by Crippen LogP contribution is 2.34. The predicted octanol–water partition coefficient (Wildman–Crippen LogP) is 2.87. The van der Waals surface area contributed by atoms with Crippen molar-refractivity contribution in [2.75, 3.05) is 34.9 Å². The average Bonchev–Trinajstić information content (AvgIpc) is 2.72. The van der Waals surface area contributed by atoms with Crippen LogP contribution in [0.3, 0.4) is 0 Å². The smallest absolute Gasteiger partial charge is 0.191 e. The SMILES string of the molecule is COc1ccc(OCC(C=O)(CC2CCCCC2)N=C(N)N(C)C)cc1OC. The minimum Gasteiger partial charge on any atom is -0.493 e. The van der Waals surface area contributed by atoms with Gasteiger partial charge in [0.15, 0.2) is 29.3 Å². The topological polar surface area (TPSA) is 86.4 Å². The monoisotopic (exact) mass is 391 g/mol. The van der Waals surface area contributed by atoms with E-state index in [1.807, 2.05) is 14.1 Å². The Morgan fingerprint density at radius 2 is 1.89 bits per heavy atom. The number of hydrogen-bond donors (Lipinski definition) is 1. The Morgan fingerprint density at radius 3 is 2.46 bits per heavy atom. The lowest BCUT2D eigenvalue weighted by atomic mass is 9.80. The molecule has 0 aliphatic heterocycles. The summed E-state index contributed by atoms with van der Waals surface area (Å²) in [5.41, 5.74) is 5.05. The van der Waals surface area contributed by atoms with E-state index in [0.717, 1.165) is 19.1 Å². The molecule has 1 atom stereocenters. The van der Waals surface area contributed by atoms with Crippen LogP contribution >= 0.6 is 0 Å². The first-order valence-electron chi connectivity index (χ1n) is 9.77. The molecule has 7 heteroatoms. The first-order chi connectivity index (χ1) is 13.4. The van der Waals surface area contributed by atoms with E-state index >= 15 is 0 Å². The van der Waals surface area contributed by atoms with Gasteiger partial charge in [0.1, 0.15) is 12.4 Å². The predicted molar refractivity (Wildman–Crippen MR) is 110 cm³/mol. The molecule has 156 valence electrons. The van der Waals surface area contributed by atoms with Crippen molar-refractivity contribution in [3.8, 4) is 17.2 Å². The molecule has 1 saturated carbocycles. The number of aldehydes is 1. The van der Waals surface area contributed by atoms with Gasteiger partial charge in [-0.1, -0.05) is 32.1 Å². The lowest BCUT2D eigenvalue weighted by molar-refractivity contribution is -0.113. The molecule has 0 bridgehead atoms. The van der Waals surface area contributed by atoms with Crippen LogP contribution in [0.25, 0.3) is 0 Å². The minimum atomic E-state index is -1.01. The van der Waals surface area contributed by atoms with Crippen LogP contribution < -0.4 is 19.9 Å². The van der Waals surface area contributed by atoms with Gasteiger partial charge in [0.25, 0.3) is 0 Å². The lowest BCUT2D eigenvalue weighted by Gasteiger charge is -2.31. The standard InChI is InChI=1S/C21H33N3O4/c1-24(2)20(22)23-21(14-25,13-16-8-6-5-7-9-16)15-28-17-10-11-18(26-3)19(12-17)27-4/h10-12,14,16H,5-9,13,15H2,1-4H3,(H2,22,23). The molecule has 0 radical (unpaired) electrons. The Hall–Kier alpha value is -2.44. The maximum atomic E-state index is 12.2. The second-order valence-corrected chi connectivity index (χ2v) is 7.60. The van der Waals surface area contributed by atoms with Gasteiger partial charge in [0, 0.05) is 20.2 Å². The summed E-state index contributed by atoms with van der Waals surface area (Å²) in [6, 6.07) is 5.31. The van der Waals surface area contributed by atoms with E-state index in [-0.39, 0.29) is 6.61 Å². The van der Waals surface area contributed by atoms with Gasteiger partial charge in [0.2, 0.25) is 0 Å². The fourth-order valence-corrected chi connectivity index (χ4v) is 3.58. The molecule has 1 aliphatic carbocycles. The number of methoxy groups -OCH3 is 2. The lowest BCUT2D eigenvalue weighted by Crippen LogP contribution is -2.43. The highest BCUT2D eigenvalue weighted by molar-refractivity contribution is 5.81. The number of ether oxygens (including phenoxy) is 3. The highest BCUT2D eigenvalue weighted by Gasteiger charge is 2.35. The van der Waals surface area contributed by atoms with Crippen LogP contribution in [0.4, 0.5) is 0 Å². The summed E-state index contributed by atoms with van der Waals surface area (Å²) in [6.07, 6.45) is 7.41. The van der Waals surface area contributed by atoms with Crippen molar-refractivity contribution in [1.82, 2.24) is 4.90 Å². The van der Waals surface area contributed by atoms with Crippen molar-refractivity contribution < 1.29 is 19.0 Å². The molecule has 0 saturated heterocycles. The van der Waals surface area contributed by atoms with E-state index in [4.69, 9.17) is 19.9 Å². The van der Waals surface area contributed by atoms with Gasteiger partial charge < -0.3 is 29.6 Å². The third kappa shape index (κ3) is 5.78. The van der Waals surface area contributed by atoms with E-state index in [1.165, 1.54) is 19.3 Å². The van der Waals surface area contributed by atoms with E-state index in [0.29, 0.717) is 35.5 Å². The number of hydrogen-bond acceptors (Lipinski definition) is 5. The molecular formula is C21H33N3O4. The van der Waals surface area contributed by atoms with Crippen LogP contribution in [0.1, 0.15) is 38.5 Å². The molecule has 28 heavy (non-hydrogen) atoms. The van der Waals surface area contributed by atoms with Crippen molar-refractivity contribution in [3.05, 3.63) is 18.2 Å². The Kier molecular flexibility index (Phi) is 7.96. The number of guanidine groups is 1. The summed E-state index contributed by atoms with van der Waals surface area (Å²) in [4.78, 5) is 18.5. The zero-order chi connectivity index (χ0) is 20.6. The zero-order valence-corrected chi connectivity index (χ0v) is 17.4. The summed E-state index contributed by atoms with van der Waals surface area (Å²) < 4.78 is 16.6. The zero-order valence-electron chi connectivity index (χ0n) is 17.4. The first-order valence-corrected chi connectivity index (χ1v) is 9.77. The van der Waals surface area contributed by atoms with Crippen molar-refractivity contribution in [2.45, 2.75) is 44.1 Å². The molecule has 7 nitrogen and oxygen atoms in total. The van der Waals surface area contributed by atoms with Gasteiger partial charge >= 0.3 is 0 Å². The largest absolute Gasteiger partial charge is 0.493 e. The Morgan fingerprint density at radius 1 is 1.21 bits per heavy atom. The third-order valence-electron chi connectivity index (χ3n) is 5.23. The summed E-state index contributed by atoms with van der Waals surface area (Å²) in [6.45, 7) is 0.122. The molecule has 1 aliphatic rings. The number of carbonyl (C=O) groups is 1. The Balaban J connectivity index is 2.22. The molecule has 1 unspecified atom stereocenters. The Labute approximate surface area is 167 Å². The molecule has 0 aromatic heterocycles. The number of benzene rings is 1. The molecule has 0 spiro atoms. The summed E-state index contributed by atoms with van der Waals surface area (Å²) in [5, 5.41) is 0. The summed E-state index contributed by atoms with van der Waals surface area (Å²) in [5.74, 6) is 2.55. The van der Waals surface area contributed by atoms with Gasteiger partial charge in [-0.15, -0.1) is 0 Å². The van der Waals surface area contributed by atoms with Crippen LogP contribution in [0, 0.1) is 5.92 Å². The molecule has 2 N–H and O–H groups in total. The number of nitrogens with zero attached hydrogens (tertiary/aromatic N) is 2. The van der Waals surface area contributed by atoms with E-state index in [2.05, 4.69) is 4.99 Å². The van der Waals surface area contributed by atoms with Crippen molar-refractivity contribution in [2.24, 2.45) is 16.6 Å². The van der Waals surface area contributed by atoms with Gasteiger partial charge in [-0.2, -0.15) is 0 Å². The van der Waals surface area contributed by atoms with E-state index in [1.54, 1.807) is 37.3 Å². The summed E-state index contributed by atoms with van der Waals surface area (Å²) in [7, 11) is 6.77. The maximum Gasteiger partial charge on any atom is 0.191 e. The number of carbonyl (C=O) groups excluding carboxylic acids is 1. The summed E-state index contributed by atoms with van der Waals surface area (Å²) >= 11 is 0. The molecule has 2 rings (SSSR count). The molecule has 1 aromatic rings. The second kappa shape index (κ2) is 10.2. The minimum absolute atomic E-state index is 0.122. The van der Waals surface area contributed by atoms with Gasteiger partial charge in [0.05, 0.1) is 14.2 Å². The molecule has 0 amide bonds. The highest BCUT2D eigenvalue weighted by atomic mass is 16.5. The van der Waals surface area contributed by atoms with Crippen LogP contribution in [-0.2, 0) is 4.79 Å². The Bertz CT molecular complexity index is 672. The van der Waals surface area contributed by atoms with Gasteiger partial charge in [-0.3, -0.25) is 0 Å². The van der Waals surface area contributed by atoms with Crippen molar-refractivity contribution in [3.63, 3.8) is 0 Å². The quantitative estimate of drug-likeness (QED) is 0.396. The van der Waals surface area contributed by atoms with Crippen LogP contribution in [0.5, 0.6) is 17.2 Å². The van der Waals surface area contributed by atoms with Crippen LogP contribution in [-0.4, -0.2) is 57.6 Å². The van der Waals surface area contributed by atoms with Gasteiger partial charge in [-0.05, 0) is 24.5 Å². The first kappa shape index (κ1) is 21.9. The molecular weight excluding hydrogens is 358 g/mol. The number of aliphatic imine (C=N–C) groups is 1.